The van der Waals surface area contributed by atoms with Crippen molar-refractivity contribution in [3.05, 3.63) is 0 Å². The van der Waals surface area contributed by atoms with Crippen molar-refractivity contribution in [1.82, 2.24) is 0 Å². The highest BCUT2D eigenvalue weighted by atomic mass is 16.6. The van der Waals surface area contributed by atoms with Crippen molar-refractivity contribution in [3.8, 4) is 0 Å². The number of ether oxygens (including phenoxy) is 1. The SMILES string of the molecule is NC(=O)OC[C@H](O)CO. The summed E-state index contributed by atoms with van der Waals surface area (Å²) >= 11 is 0. The number of carbonyl (C=O) groups excluding carboxylic acids is 1. The van der Waals surface area contributed by atoms with Crippen LogP contribution in [0.25, 0.3) is 0 Å². The molecule has 54 valence electrons. The van der Waals surface area contributed by atoms with Gasteiger partial charge in [0.1, 0.15) is 12.7 Å². The van der Waals surface area contributed by atoms with Crippen LogP contribution in [0.3, 0.4) is 0 Å². The molecule has 0 heterocycles. The Labute approximate surface area is 52.0 Å². The number of rotatable bonds is 3. The molecular formula is C4H9NO4. The van der Waals surface area contributed by atoms with Crippen LogP contribution in [0.5, 0.6) is 0 Å². The van der Waals surface area contributed by atoms with E-state index in [-0.39, 0.29) is 6.61 Å². The van der Waals surface area contributed by atoms with E-state index in [1.54, 1.807) is 0 Å². The number of carbonyl (C=O) groups is 1. The Kier molecular flexibility index (Phi) is 3.74. The van der Waals surface area contributed by atoms with E-state index in [4.69, 9.17) is 10.2 Å². The Morgan fingerprint density at radius 3 is 2.67 bits per heavy atom. The summed E-state index contributed by atoms with van der Waals surface area (Å²) in [5.41, 5.74) is 4.54. The summed E-state index contributed by atoms with van der Waals surface area (Å²) < 4.78 is 4.12. The Bertz CT molecular complexity index is 94.6. The van der Waals surface area contributed by atoms with Crippen molar-refractivity contribution >= 4 is 6.09 Å². The highest BCUT2D eigenvalue weighted by Crippen LogP contribution is 1.81. The molecule has 0 spiro atoms. The predicted molar refractivity (Wildman–Crippen MR) is 28.6 cm³/mol. The van der Waals surface area contributed by atoms with Gasteiger partial charge in [-0.3, -0.25) is 0 Å². The van der Waals surface area contributed by atoms with Gasteiger partial charge in [0.05, 0.1) is 6.61 Å². The number of nitrogens with two attached hydrogens (primary N) is 1. The van der Waals surface area contributed by atoms with Gasteiger partial charge in [-0.05, 0) is 0 Å². The molecule has 5 heteroatoms. The lowest BCUT2D eigenvalue weighted by atomic mass is 10.4. The molecule has 0 bridgehead atoms. The summed E-state index contributed by atoms with van der Waals surface area (Å²) in [6.45, 7) is -0.695. The molecule has 0 saturated heterocycles. The van der Waals surface area contributed by atoms with Gasteiger partial charge in [-0.15, -0.1) is 0 Å². The number of amides is 1. The van der Waals surface area contributed by atoms with E-state index in [1.807, 2.05) is 0 Å². The lowest BCUT2D eigenvalue weighted by Gasteiger charge is -2.04. The minimum Gasteiger partial charge on any atom is -0.447 e. The van der Waals surface area contributed by atoms with Crippen LogP contribution in [0.15, 0.2) is 0 Å². The highest BCUT2D eigenvalue weighted by molar-refractivity contribution is 5.64. The zero-order valence-corrected chi connectivity index (χ0v) is 4.78. The Balaban J connectivity index is 3.16. The molecule has 0 aromatic heterocycles. The second-order valence-electron chi connectivity index (χ2n) is 1.47. The zero-order chi connectivity index (χ0) is 7.28. The van der Waals surface area contributed by atoms with Crippen molar-refractivity contribution in [2.24, 2.45) is 5.73 Å². The van der Waals surface area contributed by atoms with E-state index in [2.05, 4.69) is 10.5 Å². The fourth-order valence-electron chi connectivity index (χ4n) is 0.231. The first-order valence-electron chi connectivity index (χ1n) is 2.38. The first kappa shape index (κ1) is 8.19. The van der Waals surface area contributed by atoms with Gasteiger partial charge >= 0.3 is 6.09 Å². The molecule has 9 heavy (non-hydrogen) atoms. The minimum absolute atomic E-state index is 0.258. The van der Waals surface area contributed by atoms with Crippen molar-refractivity contribution in [2.45, 2.75) is 6.10 Å². The maximum Gasteiger partial charge on any atom is 0.404 e. The van der Waals surface area contributed by atoms with Gasteiger partial charge in [-0.25, -0.2) is 4.79 Å². The van der Waals surface area contributed by atoms with E-state index in [0.717, 1.165) is 0 Å². The molecule has 4 N–H and O–H groups in total. The van der Waals surface area contributed by atoms with E-state index < -0.39 is 18.8 Å². The Morgan fingerprint density at radius 1 is 1.78 bits per heavy atom. The van der Waals surface area contributed by atoms with Crippen LogP contribution in [0, 0.1) is 0 Å². The monoisotopic (exact) mass is 135 g/mol. The number of hydrogen-bond donors (Lipinski definition) is 3. The number of aliphatic hydroxyl groups is 2. The van der Waals surface area contributed by atoms with Crippen LogP contribution in [0.4, 0.5) is 4.79 Å². The summed E-state index contributed by atoms with van der Waals surface area (Å²) in [6.07, 6.45) is -1.99. The molecule has 0 aliphatic heterocycles. The third-order valence-corrected chi connectivity index (χ3v) is 0.629. The van der Waals surface area contributed by atoms with Crippen molar-refractivity contribution in [2.75, 3.05) is 13.2 Å². The molecule has 0 aliphatic rings. The second kappa shape index (κ2) is 4.11. The van der Waals surface area contributed by atoms with Crippen molar-refractivity contribution in [1.29, 1.82) is 0 Å². The van der Waals surface area contributed by atoms with Crippen LogP contribution in [0.1, 0.15) is 0 Å². The van der Waals surface area contributed by atoms with Gasteiger partial charge in [-0.1, -0.05) is 0 Å². The first-order valence-corrected chi connectivity index (χ1v) is 2.38. The second-order valence-corrected chi connectivity index (χ2v) is 1.47. The third kappa shape index (κ3) is 5.05. The van der Waals surface area contributed by atoms with Crippen molar-refractivity contribution < 1.29 is 19.7 Å². The van der Waals surface area contributed by atoms with Gasteiger partial charge in [0.25, 0.3) is 0 Å². The minimum atomic E-state index is -1.03. The maximum atomic E-state index is 9.83. The molecule has 0 aromatic carbocycles. The summed E-state index contributed by atoms with van der Waals surface area (Å²) in [4.78, 5) is 9.83. The predicted octanol–water partition coefficient (Wildman–Crippen LogP) is -1.57. The lowest BCUT2D eigenvalue weighted by molar-refractivity contribution is 0.0349. The van der Waals surface area contributed by atoms with E-state index in [9.17, 15) is 4.79 Å². The van der Waals surface area contributed by atoms with Crippen LogP contribution < -0.4 is 5.73 Å². The van der Waals surface area contributed by atoms with Crippen LogP contribution in [-0.2, 0) is 4.74 Å². The molecule has 0 unspecified atom stereocenters. The average Bonchev–Trinajstić information content (AvgIpc) is 1.83. The standard InChI is InChI=1S/C4H9NO4/c5-4(8)9-2-3(7)1-6/h3,6-7H,1-2H2,(H2,5,8)/t3-/m1/s1. The molecule has 0 aromatic rings. The normalized spacial score (nSPS) is 12.7. The topological polar surface area (TPSA) is 92.8 Å². The molecule has 0 saturated carbocycles. The fourth-order valence-corrected chi connectivity index (χ4v) is 0.231. The van der Waals surface area contributed by atoms with E-state index >= 15 is 0 Å². The lowest BCUT2D eigenvalue weighted by Crippen LogP contribution is -2.24. The molecule has 1 amide bonds. The molecule has 5 nitrogen and oxygen atoms in total. The van der Waals surface area contributed by atoms with E-state index in [0.29, 0.717) is 0 Å². The quantitative estimate of drug-likeness (QED) is 0.436. The summed E-state index contributed by atoms with van der Waals surface area (Å²) in [6, 6.07) is 0. The largest absolute Gasteiger partial charge is 0.447 e. The maximum absolute atomic E-state index is 9.83. The zero-order valence-electron chi connectivity index (χ0n) is 4.78. The summed E-state index contributed by atoms with van der Waals surface area (Å²) in [5, 5.41) is 16.7. The Hall–Kier alpha value is -0.810. The molecular weight excluding hydrogens is 126 g/mol. The van der Waals surface area contributed by atoms with Gasteiger partial charge < -0.3 is 20.7 Å². The smallest absolute Gasteiger partial charge is 0.404 e. The van der Waals surface area contributed by atoms with Crippen LogP contribution in [0.2, 0.25) is 0 Å². The van der Waals surface area contributed by atoms with Crippen LogP contribution in [-0.4, -0.2) is 35.6 Å². The average molecular weight is 135 g/mol. The highest BCUT2D eigenvalue weighted by Gasteiger charge is 2.02. The van der Waals surface area contributed by atoms with Gasteiger partial charge in [0.2, 0.25) is 0 Å². The molecule has 0 rings (SSSR count). The fraction of sp³-hybridized carbons (Fsp3) is 0.750. The first-order chi connectivity index (χ1) is 4.16. The molecule has 0 fully saturated rings. The number of hydrogen-bond acceptors (Lipinski definition) is 4. The van der Waals surface area contributed by atoms with Gasteiger partial charge in [-0.2, -0.15) is 0 Å². The Morgan fingerprint density at radius 2 is 2.33 bits per heavy atom. The van der Waals surface area contributed by atoms with Gasteiger partial charge in [0.15, 0.2) is 0 Å². The summed E-state index contributed by atoms with van der Waals surface area (Å²) in [7, 11) is 0. The van der Waals surface area contributed by atoms with Crippen LogP contribution >= 0.6 is 0 Å². The van der Waals surface area contributed by atoms with Crippen molar-refractivity contribution in [3.63, 3.8) is 0 Å². The third-order valence-electron chi connectivity index (χ3n) is 0.629. The summed E-state index contributed by atoms with van der Waals surface area (Å²) in [5.74, 6) is 0. The van der Waals surface area contributed by atoms with Gasteiger partial charge in [0, 0.05) is 0 Å². The van der Waals surface area contributed by atoms with E-state index in [1.165, 1.54) is 0 Å². The molecule has 0 radical (unpaired) electrons. The number of aliphatic hydroxyl groups excluding tert-OH is 2. The number of primary amides is 1. The molecule has 0 aliphatic carbocycles. The molecule has 1 atom stereocenters.